The maximum Gasteiger partial charge on any atom is 0.407 e. The number of carbonyl (C=O) groups is 3. The average molecular weight is 475 g/mol. The smallest absolute Gasteiger partial charge is 0.407 e. The van der Waals surface area contributed by atoms with Crippen LogP contribution in [-0.2, 0) is 14.3 Å². The summed E-state index contributed by atoms with van der Waals surface area (Å²) in [6.45, 7) is 0.253. The van der Waals surface area contributed by atoms with Crippen LogP contribution in [-0.4, -0.2) is 41.8 Å². The Morgan fingerprint density at radius 1 is 1.00 bits per heavy atom. The quantitative estimate of drug-likeness (QED) is 0.561. The number of fused-ring (bicyclic) bond motifs is 4. The number of carboxylic acids is 1. The number of carboxylic acid groups (broad SMARTS) is 1. The summed E-state index contributed by atoms with van der Waals surface area (Å²) in [6.07, 6.45) is 4.26. The number of alkyl carbamates (subject to hydrolysis) is 1. The van der Waals surface area contributed by atoms with Crippen LogP contribution in [0.1, 0.15) is 55.6 Å². The van der Waals surface area contributed by atoms with E-state index < -0.39 is 23.5 Å². The maximum atomic E-state index is 13.0. The second-order valence-electron chi connectivity index (χ2n) is 10.6. The molecule has 0 bridgehead atoms. The molecule has 3 N–H and O–H groups in total. The molecule has 6 rings (SSSR count). The van der Waals surface area contributed by atoms with Gasteiger partial charge in [-0.05, 0) is 66.2 Å². The minimum absolute atomic E-state index is 0.00158. The third kappa shape index (κ3) is 3.77. The lowest BCUT2D eigenvalue weighted by Crippen LogP contribution is -2.50. The molecule has 4 atom stereocenters. The first-order valence-electron chi connectivity index (χ1n) is 12.6. The van der Waals surface area contributed by atoms with Gasteiger partial charge < -0.3 is 20.5 Å². The van der Waals surface area contributed by atoms with E-state index >= 15 is 0 Å². The van der Waals surface area contributed by atoms with E-state index in [0.717, 1.165) is 32.1 Å². The normalized spacial score (nSPS) is 27.1. The lowest BCUT2D eigenvalue weighted by atomic mass is 9.79. The van der Waals surface area contributed by atoms with Gasteiger partial charge in [-0.25, -0.2) is 9.59 Å². The van der Waals surface area contributed by atoms with E-state index in [1.165, 1.54) is 22.3 Å². The van der Waals surface area contributed by atoms with Gasteiger partial charge in [0.2, 0.25) is 5.91 Å². The molecule has 3 fully saturated rings. The van der Waals surface area contributed by atoms with Crippen molar-refractivity contribution in [3.63, 3.8) is 0 Å². The van der Waals surface area contributed by atoms with Gasteiger partial charge in [0.15, 0.2) is 0 Å². The van der Waals surface area contributed by atoms with Gasteiger partial charge in [-0.1, -0.05) is 55.0 Å². The van der Waals surface area contributed by atoms with Gasteiger partial charge in [-0.15, -0.1) is 0 Å². The number of hydrogen-bond donors (Lipinski definition) is 3. The zero-order chi connectivity index (χ0) is 24.2. The molecule has 7 nitrogen and oxygen atoms in total. The van der Waals surface area contributed by atoms with Crippen molar-refractivity contribution < 1.29 is 24.2 Å². The van der Waals surface area contributed by atoms with Crippen molar-refractivity contribution in [2.45, 2.75) is 56.5 Å². The number of hydrogen-bond acceptors (Lipinski definition) is 4. The average Bonchev–Trinajstić information content (AvgIpc) is 3.24. The fourth-order valence-corrected chi connectivity index (χ4v) is 6.53. The predicted octanol–water partition coefficient (Wildman–Crippen LogP) is 4.06. The molecule has 0 radical (unpaired) electrons. The topological polar surface area (TPSA) is 105 Å². The Hall–Kier alpha value is -3.35. The highest BCUT2D eigenvalue weighted by Crippen LogP contribution is 2.63. The fourth-order valence-electron chi connectivity index (χ4n) is 6.53. The van der Waals surface area contributed by atoms with Crippen molar-refractivity contribution in [3.05, 3.63) is 59.7 Å². The number of nitrogens with one attached hydrogen (secondary N) is 2. The molecule has 0 heterocycles. The molecule has 0 saturated heterocycles. The number of rotatable bonds is 7. The van der Waals surface area contributed by atoms with Gasteiger partial charge in [0.05, 0.1) is 5.41 Å². The van der Waals surface area contributed by atoms with E-state index in [-0.39, 0.29) is 36.3 Å². The van der Waals surface area contributed by atoms with Gasteiger partial charge in [0, 0.05) is 12.0 Å². The van der Waals surface area contributed by atoms with E-state index in [2.05, 4.69) is 34.9 Å². The van der Waals surface area contributed by atoms with Gasteiger partial charge in [0.1, 0.15) is 12.6 Å². The molecule has 3 saturated carbocycles. The maximum absolute atomic E-state index is 13.0. The highest BCUT2D eigenvalue weighted by atomic mass is 16.5. The van der Waals surface area contributed by atoms with Crippen molar-refractivity contribution in [2.24, 2.45) is 17.3 Å². The number of ether oxygens (including phenoxy) is 1. The lowest BCUT2D eigenvalue weighted by molar-refractivity contribution is -0.145. The van der Waals surface area contributed by atoms with Gasteiger partial charge in [-0.3, -0.25) is 4.79 Å². The summed E-state index contributed by atoms with van der Waals surface area (Å²) in [5.74, 6) is -0.901. The second kappa shape index (κ2) is 8.40. The zero-order valence-electron chi connectivity index (χ0n) is 19.5. The highest BCUT2D eigenvalue weighted by Gasteiger charge is 2.65. The molecule has 2 aromatic rings. The lowest BCUT2D eigenvalue weighted by Gasteiger charge is -2.32. The van der Waals surface area contributed by atoms with Crippen LogP contribution in [0.15, 0.2) is 48.5 Å². The molecule has 0 aliphatic heterocycles. The Morgan fingerprint density at radius 2 is 1.66 bits per heavy atom. The Balaban J connectivity index is 1.05. The first-order valence-corrected chi connectivity index (χ1v) is 12.6. The first-order chi connectivity index (χ1) is 17.0. The summed E-state index contributed by atoms with van der Waals surface area (Å²) in [5.41, 5.74) is 4.15. The van der Waals surface area contributed by atoms with Crippen LogP contribution in [0.25, 0.3) is 11.1 Å². The Morgan fingerprint density at radius 3 is 2.26 bits per heavy atom. The van der Waals surface area contributed by atoms with Gasteiger partial charge in [0.25, 0.3) is 0 Å². The molecule has 35 heavy (non-hydrogen) atoms. The van der Waals surface area contributed by atoms with E-state index in [9.17, 15) is 19.5 Å². The van der Waals surface area contributed by atoms with Gasteiger partial charge in [-0.2, -0.15) is 0 Å². The molecule has 7 heteroatoms. The number of aliphatic carboxylic acids is 1. The number of amides is 2. The van der Waals surface area contributed by atoms with Crippen molar-refractivity contribution in [3.8, 4) is 11.1 Å². The van der Waals surface area contributed by atoms with Crippen LogP contribution >= 0.6 is 0 Å². The van der Waals surface area contributed by atoms with Crippen molar-refractivity contribution in [1.29, 1.82) is 0 Å². The molecular weight excluding hydrogens is 444 g/mol. The molecule has 182 valence electrons. The van der Waals surface area contributed by atoms with Crippen LogP contribution < -0.4 is 10.6 Å². The van der Waals surface area contributed by atoms with Crippen molar-refractivity contribution in [2.75, 3.05) is 6.61 Å². The summed E-state index contributed by atoms with van der Waals surface area (Å²) in [6, 6.07) is 15.5. The minimum atomic E-state index is -0.956. The van der Waals surface area contributed by atoms with Crippen molar-refractivity contribution >= 4 is 18.0 Å². The Labute approximate surface area is 204 Å². The Kier molecular flexibility index (Phi) is 5.31. The summed E-state index contributed by atoms with van der Waals surface area (Å²) in [7, 11) is 0. The molecule has 4 aliphatic rings. The summed E-state index contributed by atoms with van der Waals surface area (Å²) in [5, 5.41) is 15.3. The molecule has 2 amide bonds. The van der Waals surface area contributed by atoms with Gasteiger partial charge >= 0.3 is 12.1 Å². The number of benzene rings is 2. The molecule has 0 aromatic heterocycles. The van der Waals surface area contributed by atoms with Crippen LogP contribution in [0, 0.1) is 17.3 Å². The van der Waals surface area contributed by atoms with E-state index in [4.69, 9.17) is 4.74 Å². The largest absolute Gasteiger partial charge is 0.480 e. The van der Waals surface area contributed by atoms with Crippen LogP contribution in [0.3, 0.4) is 0 Å². The Bertz CT molecular complexity index is 1150. The first kappa shape index (κ1) is 22.1. The van der Waals surface area contributed by atoms with E-state index in [0.29, 0.717) is 6.42 Å². The summed E-state index contributed by atoms with van der Waals surface area (Å²) >= 11 is 0. The molecule has 2 aromatic carbocycles. The third-order valence-corrected chi connectivity index (χ3v) is 8.70. The van der Waals surface area contributed by atoms with E-state index in [1.54, 1.807) is 0 Å². The molecule has 0 spiro atoms. The SMILES string of the molecule is O=C(NC1CC2CC2(C(=O)NC(C(=O)O)C2CCC2)C1)OCC1c2ccccc2-c2ccccc21. The molecular formula is C28H30N2O5. The third-order valence-electron chi connectivity index (χ3n) is 8.70. The fraction of sp³-hybridized carbons (Fsp3) is 0.464. The second-order valence-corrected chi connectivity index (χ2v) is 10.6. The predicted molar refractivity (Wildman–Crippen MR) is 129 cm³/mol. The van der Waals surface area contributed by atoms with Crippen molar-refractivity contribution in [1.82, 2.24) is 10.6 Å². The minimum Gasteiger partial charge on any atom is -0.480 e. The van der Waals surface area contributed by atoms with Crippen LogP contribution in [0.2, 0.25) is 0 Å². The van der Waals surface area contributed by atoms with Crippen LogP contribution in [0.5, 0.6) is 0 Å². The van der Waals surface area contributed by atoms with Crippen LogP contribution in [0.4, 0.5) is 4.79 Å². The summed E-state index contributed by atoms with van der Waals surface area (Å²) < 4.78 is 5.67. The molecule has 4 unspecified atom stereocenters. The summed E-state index contributed by atoms with van der Waals surface area (Å²) in [4.78, 5) is 37.3. The molecule has 4 aliphatic carbocycles. The standard InChI is InChI=1S/C28H30N2O5/c31-25(32)24(16-6-5-7-16)30-26(33)28-13-17(28)12-18(14-28)29-27(34)35-15-23-21-10-3-1-8-19(21)20-9-2-4-11-22(20)23/h1-4,8-11,16-18,23-24H,5-7,12-15H2,(H,29,34)(H,30,33)(H,31,32). The van der Waals surface area contributed by atoms with E-state index in [1.807, 2.05) is 24.3 Å². The zero-order valence-corrected chi connectivity index (χ0v) is 19.5. The monoisotopic (exact) mass is 474 g/mol. The number of carbonyl (C=O) groups excluding carboxylic acids is 2. The highest BCUT2D eigenvalue weighted by molar-refractivity contribution is 5.90.